The molecule has 25 heavy (non-hydrogen) atoms. The van der Waals surface area contributed by atoms with Crippen LogP contribution < -0.4 is 5.43 Å². The molecule has 4 rings (SSSR count). The number of aryl methyl sites for hydroxylation is 1. The molecule has 0 radical (unpaired) electrons. The van der Waals surface area contributed by atoms with E-state index in [1.807, 2.05) is 36.4 Å². The van der Waals surface area contributed by atoms with E-state index in [0.29, 0.717) is 17.2 Å². The monoisotopic (exact) mass is 332 g/mol. The van der Waals surface area contributed by atoms with Gasteiger partial charge < -0.3 is 4.98 Å². The van der Waals surface area contributed by atoms with Crippen LogP contribution in [0.15, 0.2) is 47.7 Å². The summed E-state index contributed by atoms with van der Waals surface area (Å²) in [5.41, 5.74) is 7.67. The molecule has 1 aromatic carbocycles. The molecule has 5 heteroatoms. The SMILES string of the molecule is CC1CCc2[nH]c3ccc(C(=O)N/N=C\c4ccccn4)cc3c2C1. The van der Waals surface area contributed by atoms with E-state index in [2.05, 4.69) is 27.4 Å². The molecule has 0 spiro atoms. The van der Waals surface area contributed by atoms with Crippen molar-refractivity contribution in [3.63, 3.8) is 0 Å². The number of benzene rings is 1. The van der Waals surface area contributed by atoms with Crippen LogP contribution in [-0.4, -0.2) is 22.1 Å². The molecule has 2 heterocycles. The molecule has 2 aromatic heterocycles. The van der Waals surface area contributed by atoms with E-state index >= 15 is 0 Å². The molecule has 5 nitrogen and oxygen atoms in total. The Hall–Kier alpha value is -2.95. The Morgan fingerprint density at radius 2 is 2.28 bits per heavy atom. The highest BCUT2D eigenvalue weighted by Gasteiger charge is 2.20. The van der Waals surface area contributed by atoms with Gasteiger partial charge in [-0.25, -0.2) is 5.43 Å². The number of carbonyl (C=O) groups excluding carboxylic acids is 1. The third kappa shape index (κ3) is 3.18. The third-order valence-electron chi connectivity index (χ3n) is 4.75. The van der Waals surface area contributed by atoms with Crippen molar-refractivity contribution >= 4 is 23.0 Å². The molecule has 1 atom stereocenters. The van der Waals surface area contributed by atoms with Crippen LogP contribution >= 0.6 is 0 Å². The highest BCUT2D eigenvalue weighted by Crippen LogP contribution is 2.32. The number of aromatic nitrogens is 2. The zero-order chi connectivity index (χ0) is 17.2. The number of nitrogens with zero attached hydrogens (tertiary/aromatic N) is 2. The van der Waals surface area contributed by atoms with Gasteiger partial charge in [-0.1, -0.05) is 13.0 Å². The van der Waals surface area contributed by atoms with Gasteiger partial charge in [0.1, 0.15) is 0 Å². The fraction of sp³-hybridized carbons (Fsp3) is 0.250. The van der Waals surface area contributed by atoms with Crippen molar-refractivity contribution in [3.05, 3.63) is 65.1 Å². The fourth-order valence-corrected chi connectivity index (χ4v) is 3.41. The minimum Gasteiger partial charge on any atom is -0.358 e. The Labute approximate surface area is 146 Å². The second-order valence-electron chi connectivity index (χ2n) is 6.64. The topological polar surface area (TPSA) is 70.1 Å². The quantitative estimate of drug-likeness (QED) is 0.570. The molecule has 0 saturated carbocycles. The number of nitrogens with one attached hydrogen (secondary N) is 2. The summed E-state index contributed by atoms with van der Waals surface area (Å²) in [6.07, 6.45) is 6.60. The zero-order valence-corrected chi connectivity index (χ0v) is 14.1. The van der Waals surface area contributed by atoms with Crippen LogP contribution in [0.2, 0.25) is 0 Å². The highest BCUT2D eigenvalue weighted by molar-refractivity contribution is 5.99. The van der Waals surface area contributed by atoms with Gasteiger partial charge in [-0.15, -0.1) is 0 Å². The fourth-order valence-electron chi connectivity index (χ4n) is 3.41. The number of hydrogen-bond acceptors (Lipinski definition) is 3. The largest absolute Gasteiger partial charge is 0.358 e. The molecule has 0 bridgehead atoms. The van der Waals surface area contributed by atoms with E-state index in [1.165, 1.54) is 23.9 Å². The van der Waals surface area contributed by atoms with E-state index in [4.69, 9.17) is 0 Å². The average Bonchev–Trinajstić information content (AvgIpc) is 2.99. The summed E-state index contributed by atoms with van der Waals surface area (Å²) in [5, 5.41) is 5.15. The second kappa shape index (κ2) is 6.51. The van der Waals surface area contributed by atoms with Crippen LogP contribution in [0, 0.1) is 5.92 Å². The number of fused-ring (bicyclic) bond motifs is 3. The van der Waals surface area contributed by atoms with Gasteiger partial charge >= 0.3 is 0 Å². The number of amides is 1. The van der Waals surface area contributed by atoms with Gasteiger partial charge in [0.2, 0.25) is 0 Å². The lowest BCUT2D eigenvalue weighted by Crippen LogP contribution is -2.17. The lowest BCUT2D eigenvalue weighted by molar-refractivity contribution is 0.0955. The van der Waals surface area contributed by atoms with Gasteiger partial charge in [0.25, 0.3) is 5.91 Å². The maximum absolute atomic E-state index is 12.4. The number of rotatable bonds is 3. The van der Waals surface area contributed by atoms with Gasteiger partial charge in [-0.3, -0.25) is 9.78 Å². The zero-order valence-electron chi connectivity index (χ0n) is 14.1. The molecule has 3 aromatic rings. The van der Waals surface area contributed by atoms with E-state index in [-0.39, 0.29) is 5.91 Å². The summed E-state index contributed by atoms with van der Waals surface area (Å²) in [4.78, 5) is 20.0. The molecule has 2 N–H and O–H groups in total. The van der Waals surface area contributed by atoms with E-state index in [9.17, 15) is 4.79 Å². The Bertz CT molecular complexity index is 943. The number of hydrogen-bond donors (Lipinski definition) is 2. The van der Waals surface area contributed by atoms with Gasteiger partial charge in [-0.05, 0) is 61.1 Å². The van der Waals surface area contributed by atoms with Gasteiger partial charge in [-0.2, -0.15) is 5.10 Å². The minimum atomic E-state index is -0.215. The third-order valence-corrected chi connectivity index (χ3v) is 4.75. The van der Waals surface area contributed by atoms with Crippen LogP contribution in [0.25, 0.3) is 10.9 Å². The van der Waals surface area contributed by atoms with Crippen molar-refractivity contribution in [2.24, 2.45) is 11.0 Å². The highest BCUT2D eigenvalue weighted by atomic mass is 16.2. The molecule has 1 aliphatic rings. The van der Waals surface area contributed by atoms with Crippen LogP contribution in [0.1, 0.15) is 40.7 Å². The van der Waals surface area contributed by atoms with Crippen LogP contribution in [0.3, 0.4) is 0 Å². The molecule has 126 valence electrons. The molecular weight excluding hydrogens is 312 g/mol. The number of hydrazone groups is 1. The van der Waals surface area contributed by atoms with E-state index in [1.54, 1.807) is 6.20 Å². The summed E-state index contributed by atoms with van der Waals surface area (Å²) in [5.74, 6) is 0.472. The summed E-state index contributed by atoms with van der Waals surface area (Å²) in [6, 6.07) is 11.3. The Balaban J connectivity index is 1.56. The summed E-state index contributed by atoms with van der Waals surface area (Å²) in [6.45, 7) is 2.28. The summed E-state index contributed by atoms with van der Waals surface area (Å²) in [7, 11) is 0. The van der Waals surface area contributed by atoms with Crippen LogP contribution in [-0.2, 0) is 12.8 Å². The first-order chi connectivity index (χ1) is 12.2. The molecule has 0 saturated heterocycles. The Morgan fingerprint density at radius 1 is 1.36 bits per heavy atom. The van der Waals surface area contributed by atoms with Crippen molar-refractivity contribution in [3.8, 4) is 0 Å². The first kappa shape index (κ1) is 15.6. The van der Waals surface area contributed by atoms with Crippen molar-refractivity contribution in [2.75, 3.05) is 0 Å². The predicted octanol–water partition coefficient (Wildman–Crippen LogP) is 3.45. The van der Waals surface area contributed by atoms with Crippen molar-refractivity contribution in [1.29, 1.82) is 0 Å². The van der Waals surface area contributed by atoms with E-state index in [0.717, 1.165) is 23.7 Å². The van der Waals surface area contributed by atoms with Crippen LogP contribution in [0.5, 0.6) is 0 Å². The van der Waals surface area contributed by atoms with Crippen molar-refractivity contribution in [2.45, 2.75) is 26.2 Å². The summed E-state index contributed by atoms with van der Waals surface area (Å²) >= 11 is 0. The first-order valence-electron chi connectivity index (χ1n) is 8.58. The van der Waals surface area contributed by atoms with Crippen LogP contribution in [0.4, 0.5) is 0 Å². The molecule has 1 unspecified atom stereocenters. The van der Waals surface area contributed by atoms with Crippen molar-refractivity contribution < 1.29 is 4.79 Å². The lowest BCUT2D eigenvalue weighted by atomic mass is 9.87. The number of pyridine rings is 1. The number of aromatic amines is 1. The van der Waals surface area contributed by atoms with E-state index < -0.39 is 0 Å². The predicted molar refractivity (Wildman–Crippen MR) is 98.8 cm³/mol. The standard InChI is InChI=1S/C20H20N4O/c1-13-5-7-18-16(10-13)17-11-14(6-8-19(17)23-18)20(25)24-22-12-15-4-2-3-9-21-15/h2-4,6,8-9,11-13,23H,5,7,10H2,1H3,(H,24,25)/b22-12-. The number of carbonyl (C=O) groups is 1. The molecule has 1 amide bonds. The Kier molecular flexibility index (Phi) is 4.06. The van der Waals surface area contributed by atoms with Crippen molar-refractivity contribution in [1.82, 2.24) is 15.4 Å². The maximum atomic E-state index is 12.4. The normalized spacial score (nSPS) is 16.9. The lowest BCUT2D eigenvalue weighted by Gasteiger charge is -2.18. The molecule has 0 aliphatic heterocycles. The number of H-pyrrole nitrogens is 1. The Morgan fingerprint density at radius 3 is 3.12 bits per heavy atom. The first-order valence-corrected chi connectivity index (χ1v) is 8.58. The van der Waals surface area contributed by atoms with Gasteiger partial charge in [0.05, 0.1) is 11.9 Å². The second-order valence-corrected chi connectivity index (χ2v) is 6.64. The molecular formula is C20H20N4O. The van der Waals surface area contributed by atoms with Gasteiger partial charge in [0.15, 0.2) is 0 Å². The molecule has 1 aliphatic carbocycles. The minimum absolute atomic E-state index is 0.215. The van der Waals surface area contributed by atoms with Gasteiger partial charge in [0, 0.05) is 28.4 Å². The smallest absolute Gasteiger partial charge is 0.271 e. The average molecular weight is 332 g/mol. The summed E-state index contributed by atoms with van der Waals surface area (Å²) < 4.78 is 0. The maximum Gasteiger partial charge on any atom is 0.271 e. The molecule has 0 fully saturated rings.